The molecule has 1 aliphatic heterocycles. The molecule has 6 nitrogen and oxygen atoms in total. The van der Waals surface area contributed by atoms with Crippen LogP contribution >= 0.6 is 0 Å². The normalized spacial score (nSPS) is 18.2. The van der Waals surface area contributed by atoms with Gasteiger partial charge in [0.15, 0.2) is 0 Å². The Hall–Kier alpha value is -2.60. The molecule has 0 aliphatic carbocycles. The molecule has 132 valence electrons. The second-order valence-corrected chi connectivity index (χ2v) is 6.53. The minimum atomic E-state index is -0.390. The van der Waals surface area contributed by atoms with Crippen molar-refractivity contribution >= 4 is 11.7 Å². The maximum atomic E-state index is 12.3. The molecule has 1 fully saturated rings. The SMILES string of the molecule is CC(O)C1CCN(C(=O)Nc2ccc(Cn3ccccc3=O)cc2)C1. The minimum Gasteiger partial charge on any atom is -0.393 e. The van der Waals surface area contributed by atoms with E-state index in [-0.39, 0.29) is 17.5 Å². The number of anilines is 1. The quantitative estimate of drug-likeness (QED) is 0.895. The van der Waals surface area contributed by atoms with Gasteiger partial charge in [-0.15, -0.1) is 0 Å². The molecule has 0 saturated carbocycles. The number of hydrogen-bond donors (Lipinski definition) is 2. The van der Waals surface area contributed by atoms with E-state index in [0.717, 1.165) is 17.7 Å². The van der Waals surface area contributed by atoms with Gasteiger partial charge < -0.3 is 19.9 Å². The summed E-state index contributed by atoms with van der Waals surface area (Å²) in [6.07, 6.45) is 2.19. The number of amides is 2. The number of benzene rings is 1. The molecule has 2 amide bonds. The number of aliphatic hydroxyl groups excluding tert-OH is 1. The third-order valence-electron chi connectivity index (χ3n) is 4.65. The second kappa shape index (κ2) is 7.53. The van der Waals surface area contributed by atoms with Crippen molar-refractivity contribution in [2.75, 3.05) is 18.4 Å². The van der Waals surface area contributed by atoms with Gasteiger partial charge in [-0.05, 0) is 37.1 Å². The predicted molar refractivity (Wildman–Crippen MR) is 96.6 cm³/mol. The molecule has 2 heterocycles. The van der Waals surface area contributed by atoms with Gasteiger partial charge in [-0.1, -0.05) is 18.2 Å². The highest BCUT2D eigenvalue weighted by atomic mass is 16.3. The summed E-state index contributed by atoms with van der Waals surface area (Å²) in [6, 6.07) is 12.4. The molecule has 0 spiro atoms. The van der Waals surface area contributed by atoms with Crippen LogP contribution in [0.15, 0.2) is 53.5 Å². The van der Waals surface area contributed by atoms with Crippen LogP contribution in [-0.2, 0) is 6.54 Å². The van der Waals surface area contributed by atoms with Crippen molar-refractivity contribution in [1.82, 2.24) is 9.47 Å². The molecule has 6 heteroatoms. The first-order valence-corrected chi connectivity index (χ1v) is 8.51. The monoisotopic (exact) mass is 341 g/mol. The Morgan fingerprint density at radius 2 is 2.04 bits per heavy atom. The average Bonchev–Trinajstić information content (AvgIpc) is 3.09. The van der Waals surface area contributed by atoms with Gasteiger partial charge in [0, 0.05) is 37.0 Å². The zero-order chi connectivity index (χ0) is 17.8. The first kappa shape index (κ1) is 17.2. The molecule has 0 radical (unpaired) electrons. The molecule has 2 atom stereocenters. The summed E-state index contributed by atoms with van der Waals surface area (Å²) in [5.74, 6) is 0.150. The summed E-state index contributed by atoms with van der Waals surface area (Å²) in [5, 5.41) is 12.5. The van der Waals surface area contributed by atoms with Crippen LogP contribution in [0.2, 0.25) is 0 Å². The third-order valence-corrected chi connectivity index (χ3v) is 4.65. The van der Waals surface area contributed by atoms with Gasteiger partial charge in [0.1, 0.15) is 0 Å². The van der Waals surface area contributed by atoms with Crippen LogP contribution < -0.4 is 10.9 Å². The molecule has 1 aromatic carbocycles. The van der Waals surface area contributed by atoms with Crippen molar-refractivity contribution in [2.45, 2.75) is 26.0 Å². The first-order valence-electron chi connectivity index (χ1n) is 8.51. The van der Waals surface area contributed by atoms with E-state index in [1.165, 1.54) is 6.07 Å². The summed E-state index contributed by atoms with van der Waals surface area (Å²) < 4.78 is 1.63. The minimum absolute atomic E-state index is 0.0402. The fourth-order valence-electron chi connectivity index (χ4n) is 3.05. The fourth-order valence-corrected chi connectivity index (χ4v) is 3.05. The molecule has 0 bridgehead atoms. The lowest BCUT2D eigenvalue weighted by atomic mass is 10.0. The van der Waals surface area contributed by atoms with E-state index < -0.39 is 6.10 Å². The van der Waals surface area contributed by atoms with E-state index in [4.69, 9.17) is 0 Å². The summed E-state index contributed by atoms with van der Waals surface area (Å²) in [4.78, 5) is 25.8. The second-order valence-electron chi connectivity index (χ2n) is 6.53. The Bertz CT molecular complexity index is 783. The lowest BCUT2D eigenvalue weighted by Crippen LogP contribution is -2.34. The number of carbonyl (C=O) groups excluding carboxylic acids is 1. The van der Waals surface area contributed by atoms with Crippen molar-refractivity contribution in [3.05, 3.63) is 64.6 Å². The number of aliphatic hydroxyl groups is 1. The first-order chi connectivity index (χ1) is 12.0. The number of hydrogen-bond acceptors (Lipinski definition) is 3. The molecular formula is C19H23N3O3. The number of nitrogens with zero attached hydrogens (tertiary/aromatic N) is 2. The number of pyridine rings is 1. The smallest absolute Gasteiger partial charge is 0.321 e. The lowest BCUT2D eigenvalue weighted by Gasteiger charge is -2.18. The van der Waals surface area contributed by atoms with Crippen molar-refractivity contribution < 1.29 is 9.90 Å². The molecule has 1 aliphatic rings. The summed E-state index contributed by atoms with van der Waals surface area (Å²) in [5.41, 5.74) is 1.66. The van der Waals surface area contributed by atoms with Crippen LogP contribution in [0.4, 0.5) is 10.5 Å². The van der Waals surface area contributed by atoms with Crippen molar-refractivity contribution in [3.8, 4) is 0 Å². The van der Waals surface area contributed by atoms with E-state index in [1.54, 1.807) is 28.7 Å². The number of rotatable bonds is 4. The van der Waals surface area contributed by atoms with Gasteiger partial charge >= 0.3 is 6.03 Å². The topological polar surface area (TPSA) is 74.6 Å². The Kier molecular flexibility index (Phi) is 5.19. The highest BCUT2D eigenvalue weighted by Gasteiger charge is 2.28. The average molecular weight is 341 g/mol. The van der Waals surface area contributed by atoms with Crippen molar-refractivity contribution in [3.63, 3.8) is 0 Å². The van der Waals surface area contributed by atoms with E-state index in [1.807, 2.05) is 30.3 Å². The lowest BCUT2D eigenvalue weighted by molar-refractivity contribution is 0.130. The third kappa shape index (κ3) is 4.28. The number of carbonyl (C=O) groups is 1. The van der Waals surface area contributed by atoms with E-state index >= 15 is 0 Å². The van der Waals surface area contributed by atoms with Crippen LogP contribution in [0.5, 0.6) is 0 Å². The zero-order valence-electron chi connectivity index (χ0n) is 14.3. The Balaban J connectivity index is 1.58. The predicted octanol–water partition coefficient (Wildman–Crippen LogP) is 2.13. The van der Waals surface area contributed by atoms with Gasteiger partial charge in [0.05, 0.1) is 12.6 Å². The van der Waals surface area contributed by atoms with Crippen molar-refractivity contribution in [2.24, 2.45) is 5.92 Å². The highest BCUT2D eigenvalue weighted by molar-refractivity contribution is 5.89. The molecule has 25 heavy (non-hydrogen) atoms. The molecule has 2 unspecified atom stereocenters. The Labute approximate surface area is 146 Å². The van der Waals surface area contributed by atoms with Crippen molar-refractivity contribution in [1.29, 1.82) is 0 Å². The maximum absolute atomic E-state index is 12.3. The standard InChI is InChI=1S/C19H23N3O3/c1-14(23)16-9-11-22(13-16)19(25)20-17-7-5-15(6-8-17)12-21-10-3-2-4-18(21)24/h2-8,10,14,16,23H,9,11-13H2,1H3,(H,20,25). The highest BCUT2D eigenvalue weighted by Crippen LogP contribution is 2.20. The fraction of sp³-hybridized carbons (Fsp3) is 0.368. The molecule has 2 aromatic rings. The van der Waals surface area contributed by atoms with E-state index in [2.05, 4.69) is 5.32 Å². The van der Waals surface area contributed by atoms with Crippen LogP contribution in [0.25, 0.3) is 0 Å². The molecular weight excluding hydrogens is 318 g/mol. The number of aromatic nitrogens is 1. The Morgan fingerprint density at radius 3 is 2.68 bits per heavy atom. The van der Waals surface area contributed by atoms with Gasteiger partial charge in [-0.3, -0.25) is 4.79 Å². The Morgan fingerprint density at radius 1 is 1.28 bits per heavy atom. The van der Waals surface area contributed by atoms with E-state index in [0.29, 0.717) is 19.6 Å². The molecule has 2 N–H and O–H groups in total. The van der Waals surface area contributed by atoms with Crippen LogP contribution in [0, 0.1) is 5.92 Å². The van der Waals surface area contributed by atoms with Gasteiger partial charge in [0.25, 0.3) is 5.56 Å². The summed E-state index contributed by atoms with van der Waals surface area (Å²) in [6.45, 7) is 3.51. The van der Waals surface area contributed by atoms with Crippen LogP contribution in [-0.4, -0.2) is 39.8 Å². The van der Waals surface area contributed by atoms with Gasteiger partial charge in [-0.2, -0.15) is 0 Å². The molecule has 3 rings (SSSR count). The maximum Gasteiger partial charge on any atom is 0.321 e. The largest absolute Gasteiger partial charge is 0.393 e. The van der Waals surface area contributed by atoms with E-state index in [9.17, 15) is 14.7 Å². The number of urea groups is 1. The number of likely N-dealkylation sites (tertiary alicyclic amines) is 1. The zero-order valence-corrected chi connectivity index (χ0v) is 14.3. The van der Waals surface area contributed by atoms with Gasteiger partial charge in [-0.25, -0.2) is 4.79 Å². The van der Waals surface area contributed by atoms with Crippen LogP contribution in [0.1, 0.15) is 18.9 Å². The molecule has 1 saturated heterocycles. The summed E-state index contributed by atoms with van der Waals surface area (Å²) >= 11 is 0. The van der Waals surface area contributed by atoms with Crippen LogP contribution in [0.3, 0.4) is 0 Å². The summed E-state index contributed by atoms with van der Waals surface area (Å²) in [7, 11) is 0. The molecule has 1 aromatic heterocycles. The number of nitrogens with one attached hydrogen (secondary N) is 1. The van der Waals surface area contributed by atoms with Gasteiger partial charge in [0.2, 0.25) is 0 Å².